The lowest BCUT2D eigenvalue weighted by molar-refractivity contribution is 0.598. The van der Waals surface area contributed by atoms with Crippen LogP contribution in [0.2, 0.25) is 0 Å². The van der Waals surface area contributed by atoms with Gasteiger partial charge in [0, 0.05) is 30.7 Å². The molecule has 1 N–H and O–H groups in total. The summed E-state index contributed by atoms with van der Waals surface area (Å²) in [6.07, 6.45) is 8.49. The summed E-state index contributed by atoms with van der Waals surface area (Å²) >= 11 is 0. The second kappa shape index (κ2) is 5.54. The first kappa shape index (κ1) is 11.7. The van der Waals surface area contributed by atoms with E-state index in [0.29, 0.717) is 0 Å². The standard InChI is InChI=1S/C12H17N5/c1-3-7-17-9-10(8-16-17)11(13-2)12-14-5-4-6-15-12/h4-6,8-9,11,13H,3,7H2,1-2H3. The van der Waals surface area contributed by atoms with E-state index in [9.17, 15) is 0 Å². The van der Waals surface area contributed by atoms with Crippen LogP contribution in [0.1, 0.15) is 30.8 Å². The quantitative estimate of drug-likeness (QED) is 0.845. The molecule has 17 heavy (non-hydrogen) atoms. The summed E-state index contributed by atoms with van der Waals surface area (Å²) in [6.45, 7) is 3.07. The monoisotopic (exact) mass is 231 g/mol. The summed E-state index contributed by atoms with van der Waals surface area (Å²) in [5.41, 5.74) is 1.09. The molecule has 5 nitrogen and oxygen atoms in total. The average Bonchev–Trinajstić information content (AvgIpc) is 2.81. The normalized spacial score (nSPS) is 12.6. The Bertz CT molecular complexity index is 451. The van der Waals surface area contributed by atoms with Crippen LogP contribution in [-0.2, 0) is 6.54 Å². The van der Waals surface area contributed by atoms with E-state index in [2.05, 4.69) is 27.3 Å². The van der Waals surface area contributed by atoms with Gasteiger partial charge in [0.2, 0.25) is 0 Å². The summed E-state index contributed by atoms with van der Waals surface area (Å²) in [6, 6.07) is 1.82. The van der Waals surface area contributed by atoms with Gasteiger partial charge in [-0.05, 0) is 19.5 Å². The number of hydrogen-bond donors (Lipinski definition) is 1. The van der Waals surface area contributed by atoms with Crippen LogP contribution in [0.3, 0.4) is 0 Å². The van der Waals surface area contributed by atoms with Gasteiger partial charge in [-0.2, -0.15) is 5.10 Å². The first-order valence-corrected chi connectivity index (χ1v) is 5.81. The van der Waals surface area contributed by atoms with Crippen molar-refractivity contribution in [1.82, 2.24) is 25.1 Å². The zero-order chi connectivity index (χ0) is 12.1. The van der Waals surface area contributed by atoms with Crippen LogP contribution in [0, 0.1) is 0 Å². The Morgan fingerprint density at radius 2 is 2.12 bits per heavy atom. The van der Waals surface area contributed by atoms with Crippen molar-refractivity contribution in [3.8, 4) is 0 Å². The highest BCUT2D eigenvalue weighted by Crippen LogP contribution is 2.17. The number of aromatic nitrogens is 4. The van der Waals surface area contributed by atoms with Crippen molar-refractivity contribution in [3.63, 3.8) is 0 Å². The molecule has 0 aliphatic heterocycles. The number of aryl methyl sites for hydroxylation is 1. The Hall–Kier alpha value is -1.75. The van der Waals surface area contributed by atoms with E-state index in [1.165, 1.54) is 0 Å². The molecule has 0 aliphatic rings. The molecule has 2 heterocycles. The van der Waals surface area contributed by atoms with Crippen molar-refractivity contribution in [3.05, 3.63) is 42.2 Å². The van der Waals surface area contributed by atoms with E-state index >= 15 is 0 Å². The molecule has 0 saturated heterocycles. The molecular weight excluding hydrogens is 214 g/mol. The zero-order valence-electron chi connectivity index (χ0n) is 10.2. The summed E-state index contributed by atoms with van der Waals surface area (Å²) in [5.74, 6) is 0.769. The molecule has 0 fully saturated rings. The van der Waals surface area contributed by atoms with Crippen LogP contribution in [0.4, 0.5) is 0 Å². The van der Waals surface area contributed by atoms with Crippen molar-refractivity contribution < 1.29 is 0 Å². The second-order valence-corrected chi connectivity index (χ2v) is 3.87. The lowest BCUT2D eigenvalue weighted by Crippen LogP contribution is -2.19. The minimum absolute atomic E-state index is 0.00167. The zero-order valence-corrected chi connectivity index (χ0v) is 10.2. The molecule has 5 heteroatoms. The Morgan fingerprint density at radius 1 is 1.35 bits per heavy atom. The first-order valence-electron chi connectivity index (χ1n) is 5.81. The van der Waals surface area contributed by atoms with Crippen LogP contribution in [-0.4, -0.2) is 26.8 Å². The molecule has 1 atom stereocenters. The summed E-state index contributed by atoms with van der Waals surface area (Å²) < 4.78 is 1.95. The number of hydrogen-bond acceptors (Lipinski definition) is 4. The van der Waals surface area contributed by atoms with E-state index < -0.39 is 0 Å². The van der Waals surface area contributed by atoms with Gasteiger partial charge in [0.15, 0.2) is 0 Å². The number of rotatable bonds is 5. The van der Waals surface area contributed by atoms with Crippen LogP contribution in [0.15, 0.2) is 30.9 Å². The van der Waals surface area contributed by atoms with Crippen LogP contribution >= 0.6 is 0 Å². The molecule has 0 bridgehead atoms. The molecule has 1 unspecified atom stereocenters. The van der Waals surface area contributed by atoms with Crippen LogP contribution in [0.5, 0.6) is 0 Å². The largest absolute Gasteiger partial charge is 0.307 e. The maximum Gasteiger partial charge on any atom is 0.149 e. The Kier molecular flexibility index (Phi) is 3.82. The van der Waals surface area contributed by atoms with Gasteiger partial charge in [0.05, 0.1) is 12.2 Å². The first-order chi connectivity index (χ1) is 8.35. The topological polar surface area (TPSA) is 55.6 Å². The highest BCUT2D eigenvalue weighted by atomic mass is 15.3. The predicted octanol–water partition coefficient (Wildman–Crippen LogP) is 1.39. The molecule has 0 spiro atoms. The molecule has 90 valence electrons. The SMILES string of the molecule is CCCn1cc(C(NC)c2ncccn2)cn1. The van der Waals surface area contributed by atoms with E-state index in [4.69, 9.17) is 0 Å². The lowest BCUT2D eigenvalue weighted by Gasteiger charge is -2.11. The predicted molar refractivity (Wildman–Crippen MR) is 65.5 cm³/mol. The third-order valence-corrected chi connectivity index (χ3v) is 2.57. The Balaban J connectivity index is 2.23. The van der Waals surface area contributed by atoms with Gasteiger partial charge < -0.3 is 5.32 Å². The second-order valence-electron chi connectivity index (χ2n) is 3.87. The van der Waals surface area contributed by atoms with Gasteiger partial charge in [0.1, 0.15) is 5.82 Å². The molecule has 0 aliphatic carbocycles. The molecule has 2 rings (SSSR count). The fourth-order valence-electron chi connectivity index (χ4n) is 1.78. The van der Waals surface area contributed by atoms with Crippen molar-refractivity contribution in [1.29, 1.82) is 0 Å². The average molecular weight is 231 g/mol. The number of nitrogens with one attached hydrogen (secondary N) is 1. The third-order valence-electron chi connectivity index (χ3n) is 2.57. The minimum atomic E-state index is 0.00167. The molecule has 0 radical (unpaired) electrons. The molecule has 0 aromatic carbocycles. The minimum Gasteiger partial charge on any atom is -0.307 e. The lowest BCUT2D eigenvalue weighted by atomic mass is 10.1. The fourth-order valence-corrected chi connectivity index (χ4v) is 1.78. The summed E-state index contributed by atoms with van der Waals surface area (Å²) in [4.78, 5) is 8.54. The van der Waals surface area contributed by atoms with Gasteiger partial charge in [0.25, 0.3) is 0 Å². The van der Waals surface area contributed by atoms with Crippen LogP contribution in [0.25, 0.3) is 0 Å². The van der Waals surface area contributed by atoms with Gasteiger partial charge in [-0.25, -0.2) is 9.97 Å². The Labute approximate surface area is 101 Å². The van der Waals surface area contributed by atoms with E-state index in [-0.39, 0.29) is 6.04 Å². The van der Waals surface area contributed by atoms with Crippen LogP contribution < -0.4 is 5.32 Å². The van der Waals surface area contributed by atoms with E-state index in [1.807, 2.05) is 30.2 Å². The maximum absolute atomic E-state index is 4.32. The molecule has 2 aromatic rings. The van der Waals surface area contributed by atoms with Crippen molar-refractivity contribution in [2.45, 2.75) is 25.9 Å². The third kappa shape index (κ3) is 2.68. The molecule has 2 aromatic heterocycles. The van der Waals surface area contributed by atoms with E-state index in [0.717, 1.165) is 24.4 Å². The molecule has 0 amide bonds. The molecular formula is C12H17N5. The maximum atomic E-state index is 4.32. The van der Waals surface area contributed by atoms with E-state index in [1.54, 1.807) is 12.4 Å². The number of nitrogens with zero attached hydrogens (tertiary/aromatic N) is 4. The highest BCUT2D eigenvalue weighted by Gasteiger charge is 2.16. The van der Waals surface area contributed by atoms with Crippen molar-refractivity contribution >= 4 is 0 Å². The van der Waals surface area contributed by atoms with Gasteiger partial charge in [-0.15, -0.1) is 0 Å². The van der Waals surface area contributed by atoms with Gasteiger partial charge in [-0.3, -0.25) is 4.68 Å². The van der Waals surface area contributed by atoms with Crippen molar-refractivity contribution in [2.24, 2.45) is 0 Å². The highest BCUT2D eigenvalue weighted by molar-refractivity contribution is 5.18. The Morgan fingerprint density at radius 3 is 2.76 bits per heavy atom. The van der Waals surface area contributed by atoms with Gasteiger partial charge >= 0.3 is 0 Å². The molecule has 0 saturated carbocycles. The summed E-state index contributed by atoms with van der Waals surface area (Å²) in [7, 11) is 1.90. The smallest absolute Gasteiger partial charge is 0.149 e. The van der Waals surface area contributed by atoms with Crippen molar-refractivity contribution in [2.75, 3.05) is 7.05 Å². The summed E-state index contributed by atoms with van der Waals surface area (Å²) in [5, 5.41) is 7.53. The fraction of sp³-hybridized carbons (Fsp3) is 0.417. The van der Waals surface area contributed by atoms with Gasteiger partial charge in [-0.1, -0.05) is 6.92 Å².